The minimum absolute atomic E-state index is 0.0398. The Kier molecular flexibility index (Phi) is 11.4. The van der Waals surface area contributed by atoms with Crippen LogP contribution in [0.1, 0.15) is 70.8 Å². The number of rotatable bonds is 14. The zero-order valence-corrected chi connectivity index (χ0v) is 22.8. The van der Waals surface area contributed by atoms with Crippen LogP contribution in [0, 0.1) is 17.3 Å². The molecule has 1 aromatic rings. The molecular weight excluding hydrogens is 462 g/mol. The standard InChI is InChI=1S/C31H47N3O3/c1-3-18-34(19-4-2)29(36)26-16-11-17-31(21-26,30(32)37)27(20-24-12-7-5-8-13-24)28(35)23-33-22-25-14-9-6-10-15-25/h5,7-8,11-13,16-17,25,27-28,33,35H,3-4,6,9-10,14-15,18-23H2,1-2H3,(H2,32,37)/t27-,28+,31?/m1/s1. The molecule has 2 aliphatic rings. The highest BCUT2D eigenvalue weighted by Gasteiger charge is 2.47. The number of nitrogens with one attached hydrogen (secondary N) is 1. The minimum Gasteiger partial charge on any atom is -0.391 e. The van der Waals surface area contributed by atoms with Crippen LogP contribution in [0.3, 0.4) is 0 Å². The third-order valence-corrected chi connectivity index (χ3v) is 8.12. The second-order valence-electron chi connectivity index (χ2n) is 11.0. The normalized spacial score (nSPS) is 21.8. The molecule has 0 bridgehead atoms. The van der Waals surface area contributed by atoms with Crippen LogP contribution in [-0.4, -0.2) is 54.1 Å². The van der Waals surface area contributed by atoms with Gasteiger partial charge in [-0.1, -0.05) is 81.7 Å². The predicted molar refractivity (Wildman–Crippen MR) is 150 cm³/mol. The Balaban J connectivity index is 1.84. The fraction of sp³-hybridized carbons (Fsp3) is 0.613. The molecule has 0 saturated heterocycles. The smallest absolute Gasteiger partial charge is 0.249 e. The predicted octanol–water partition coefficient (Wildman–Crippen LogP) is 4.38. The third-order valence-electron chi connectivity index (χ3n) is 8.12. The van der Waals surface area contributed by atoms with Gasteiger partial charge in [0.05, 0.1) is 11.5 Å². The molecule has 2 amide bonds. The first-order valence-corrected chi connectivity index (χ1v) is 14.3. The van der Waals surface area contributed by atoms with E-state index >= 15 is 0 Å². The molecule has 2 aliphatic carbocycles. The van der Waals surface area contributed by atoms with E-state index in [0.717, 1.165) is 24.9 Å². The quantitative estimate of drug-likeness (QED) is 0.347. The summed E-state index contributed by atoms with van der Waals surface area (Å²) >= 11 is 0. The maximum absolute atomic E-state index is 13.5. The SMILES string of the molecule is CCCN(CCC)C(=O)C1=CC=CC(C(N)=O)([C@H](Cc2ccccc2)[C@@H](O)CNCC2CCCCC2)C1. The van der Waals surface area contributed by atoms with Crippen LogP contribution in [0.5, 0.6) is 0 Å². The van der Waals surface area contributed by atoms with Crippen LogP contribution in [0.2, 0.25) is 0 Å². The minimum atomic E-state index is -1.15. The molecule has 37 heavy (non-hydrogen) atoms. The number of primary amides is 1. The van der Waals surface area contributed by atoms with Crippen LogP contribution in [0.4, 0.5) is 0 Å². The van der Waals surface area contributed by atoms with Gasteiger partial charge in [0, 0.05) is 31.1 Å². The molecule has 1 fully saturated rings. The van der Waals surface area contributed by atoms with Crippen LogP contribution >= 0.6 is 0 Å². The molecule has 0 aliphatic heterocycles. The van der Waals surface area contributed by atoms with Crippen molar-refractivity contribution in [1.29, 1.82) is 0 Å². The number of aliphatic hydroxyl groups excluding tert-OH is 1. The summed E-state index contributed by atoms with van der Waals surface area (Å²) in [5.74, 6) is -0.359. The maximum atomic E-state index is 13.5. The number of carbonyl (C=O) groups excluding carboxylic acids is 2. The second-order valence-corrected chi connectivity index (χ2v) is 11.0. The van der Waals surface area contributed by atoms with E-state index in [0.29, 0.717) is 37.5 Å². The van der Waals surface area contributed by atoms with Gasteiger partial charge >= 0.3 is 0 Å². The highest BCUT2D eigenvalue weighted by atomic mass is 16.3. The van der Waals surface area contributed by atoms with Gasteiger partial charge in [-0.25, -0.2) is 0 Å². The summed E-state index contributed by atoms with van der Waals surface area (Å²) in [6.45, 7) is 6.75. The van der Waals surface area contributed by atoms with Gasteiger partial charge in [-0.3, -0.25) is 9.59 Å². The fourth-order valence-corrected chi connectivity index (χ4v) is 6.08. The largest absolute Gasteiger partial charge is 0.391 e. The van der Waals surface area contributed by atoms with Crippen molar-refractivity contribution in [1.82, 2.24) is 10.2 Å². The monoisotopic (exact) mass is 509 g/mol. The topological polar surface area (TPSA) is 95.7 Å². The van der Waals surface area contributed by atoms with Crippen molar-refractivity contribution in [3.63, 3.8) is 0 Å². The number of amides is 2. The molecule has 3 rings (SSSR count). The number of nitrogens with zero attached hydrogens (tertiary/aromatic N) is 1. The lowest BCUT2D eigenvalue weighted by atomic mass is 9.64. The van der Waals surface area contributed by atoms with Gasteiger partial charge in [0.2, 0.25) is 11.8 Å². The van der Waals surface area contributed by atoms with Crippen LogP contribution in [0.25, 0.3) is 0 Å². The summed E-state index contributed by atoms with van der Waals surface area (Å²) in [4.78, 5) is 28.6. The molecule has 1 aromatic carbocycles. The number of hydrogen-bond donors (Lipinski definition) is 3. The van der Waals surface area contributed by atoms with Crippen LogP contribution in [0.15, 0.2) is 54.1 Å². The molecule has 1 saturated carbocycles. The Hall–Kier alpha value is -2.44. The first-order valence-electron chi connectivity index (χ1n) is 14.3. The van der Waals surface area contributed by atoms with E-state index in [-0.39, 0.29) is 12.3 Å². The molecule has 0 aromatic heterocycles. The molecule has 204 valence electrons. The lowest BCUT2D eigenvalue weighted by Gasteiger charge is -2.41. The molecule has 0 radical (unpaired) electrons. The number of benzene rings is 1. The Morgan fingerprint density at radius 2 is 1.78 bits per heavy atom. The lowest BCUT2D eigenvalue weighted by Crippen LogP contribution is -2.51. The van der Waals surface area contributed by atoms with Crippen molar-refractivity contribution in [3.05, 3.63) is 59.7 Å². The maximum Gasteiger partial charge on any atom is 0.249 e. The summed E-state index contributed by atoms with van der Waals surface area (Å²) in [6, 6.07) is 9.93. The number of nitrogens with two attached hydrogens (primary N) is 1. The van der Waals surface area contributed by atoms with E-state index in [2.05, 4.69) is 19.2 Å². The zero-order valence-electron chi connectivity index (χ0n) is 22.8. The van der Waals surface area contributed by atoms with Gasteiger partial charge in [0.25, 0.3) is 0 Å². The van der Waals surface area contributed by atoms with Crippen molar-refractivity contribution in [2.45, 2.75) is 77.7 Å². The van der Waals surface area contributed by atoms with E-state index in [9.17, 15) is 14.7 Å². The summed E-state index contributed by atoms with van der Waals surface area (Å²) in [5, 5.41) is 15.0. The van der Waals surface area contributed by atoms with Gasteiger partial charge in [-0.05, 0) is 56.6 Å². The summed E-state index contributed by atoms with van der Waals surface area (Å²) in [7, 11) is 0. The van der Waals surface area contributed by atoms with Gasteiger partial charge in [-0.2, -0.15) is 0 Å². The molecule has 3 atom stereocenters. The Labute approximate surface area is 223 Å². The molecule has 4 N–H and O–H groups in total. The Morgan fingerprint density at radius 3 is 2.41 bits per heavy atom. The number of hydrogen-bond acceptors (Lipinski definition) is 4. The van der Waals surface area contributed by atoms with Crippen molar-refractivity contribution < 1.29 is 14.7 Å². The third kappa shape index (κ3) is 7.78. The average Bonchev–Trinajstić information content (AvgIpc) is 2.92. The van der Waals surface area contributed by atoms with Crippen molar-refractivity contribution in [2.75, 3.05) is 26.2 Å². The molecular formula is C31H47N3O3. The van der Waals surface area contributed by atoms with Gasteiger partial charge in [-0.15, -0.1) is 0 Å². The molecule has 0 heterocycles. The zero-order chi connectivity index (χ0) is 26.7. The first kappa shape index (κ1) is 29.1. The summed E-state index contributed by atoms with van der Waals surface area (Å²) in [5.41, 5.74) is 6.60. The van der Waals surface area contributed by atoms with Crippen molar-refractivity contribution in [3.8, 4) is 0 Å². The van der Waals surface area contributed by atoms with E-state index in [1.54, 1.807) is 6.08 Å². The van der Waals surface area contributed by atoms with Gasteiger partial charge in [0.1, 0.15) is 0 Å². The lowest BCUT2D eigenvalue weighted by molar-refractivity contribution is -0.132. The van der Waals surface area contributed by atoms with Gasteiger partial charge < -0.3 is 21.1 Å². The highest BCUT2D eigenvalue weighted by Crippen LogP contribution is 2.43. The van der Waals surface area contributed by atoms with E-state index < -0.39 is 23.3 Å². The van der Waals surface area contributed by atoms with Crippen LogP contribution in [-0.2, 0) is 16.0 Å². The molecule has 6 nitrogen and oxygen atoms in total. The molecule has 1 unspecified atom stereocenters. The van der Waals surface area contributed by atoms with E-state index in [1.807, 2.05) is 47.4 Å². The summed E-state index contributed by atoms with van der Waals surface area (Å²) < 4.78 is 0. The highest BCUT2D eigenvalue weighted by molar-refractivity contribution is 5.96. The number of carbonyl (C=O) groups is 2. The van der Waals surface area contributed by atoms with Crippen molar-refractivity contribution in [2.24, 2.45) is 23.0 Å². The number of aliphatic hydroxyl groups is 1. The molecule has 0 spiro atoms. The average molecular weight is 510 g/mol. The van der Waals surface area contributed by atoms with Crippen molar-refractivity contribution >= 4 is 11.8 Å². The number of allylic oxidation sites excluding steroid dienone is 2. The van der Waals surface area contributed by atoms with Crippen LogP contribution < -0.4 is 11.1 Å². The summed E-state index contributed by atoms with van der Waals surface area (Å²) in [6.07, 6.45) is 13.4. The Bertz CT molecular complexity index is 917. The first-order chi connectivity index (χ1) is 17.9. The van der Waals surface area contributed by atoms with Gasteiger partial charge in [0.15, 0.2) is 0 Å². The second kappa shape index (κ2) is 14.5. The molecule has 6 heteroatoms. The van der Waals surface area contributed by atoms with E-state index in [1.165, 1.54) is 32.1 Å². The fourth-order valence-electron chi connectivity index (χ4n) is 6.08. The van der Waals surface area contributed by atoms with E-state index in [4.69, 9.17) is 5.73 Å². The Morgan fingerprint density at radius 1 is 1.11 bits per heavy atom.